The molecule has 0 aromatic heterocycles. The van der Waals surface area contributed by atoms with Crippen LogP contribution in [0.1, 0.15) is 33.1 Å². The van der Waals surface area contributed by atoms with E-state index in [0.29, 0.717) is 25.2 Å². The number of carbonyl (C=O) groups excluding carboxylic acids is 2. The number of aliphatic carboxylic acids is 1. The number of carboxylic acids is 1. The van der Waals surface area contributed by atoms with Gasteiger partial charge in [0.15, 0.2) is 0 Å². The minimum absolute atomic E-state index is 0.0714. The second-order valence-corrected chi connectivity index (χ2v) is 6.76. The summed E-state index contributed by atoms with van der Waals surface area (Å²) in [6.07, 6.45) is 0.886. The summed E-state index contributed by atoms with van der Waals surface area (Å²) in [5.74, 6) is -1.50. The fourth-order valence-electron chi connectivity index (χ4n) is 2.61. The molecule has 1 aromatic rings. The molecule has 1 heterocycles. The maximum atomic E-state index is 14.1. The van der Waals surface area contributed by atoms with Crippen LogP contribution in [0.25, 0.3) is 0 Å². The molecule has 2 rings (SSSR count). The lowest BCUT2D eigenvalue weighted by Crippen LogP contribution is -2.47. The van der Waals surface area contributed by atoms with Crippen LogP contribution in [0.5, 0.6) is 0 Å². The van der Waals surface area contributed by atoms with Gasteiger partial charge in [-0.3, -0.25) is 9.69 Å². The molecule has 142 valence electrons. The van der Waals surface area contributed by atoms with Gasteiger partial charge >= 0.3 is 18.0 Å². The lowest BCUT2D eigenvalue weighted by molar-refractivity contribution is -0.137. The summed E-state index contributed by atoms with van der Waals surface area (Å²) >= 11 is 0. The summed E-state index contributed by atoms with van der Waals surface area (Å²) in [5, 5.41) is 16.7. The third-order valence-electron chi connectivity index (χ3n) is 3.99. The SMILES string of the molecule is CC(C)(CCC(=O)O)NC(=O)Nc1ccc(F)c(N2CCCNC2=O)c1. The van der Waals surface area contributed by atoms with Crippen LogP contribution in [-0.2, 0) is 4.79 Å². The molecule has 9 heteroatoms. The second kappa shape index (κ2) is 8.03. The number of amides is 4. The highest BCUT2D eigenvalue weighted by atomic mass is 19.1. The first kappa shape index (κ1) is 19.5. The zero-order valence-electron chi connectivity index (χ0n) is 14.8. The van der Waals surface area contributed by atoms with Gasteiger partial charge in [0, 0.05) is 30.7 Å². The Bertz CT molecular complexity index is 708. The molecule has 0 aliphatic carbocycles. The van der Waals surface area contributed by atoms with Crippen molar-refractivity contribution >= 4 is 29.4 Å². The van der Waals surface area contributed by atoms with E-state index < -0.39 is 23.4 Å². The van der Waals surface area contributed by atoms with Crippen molar-refractivity contribution in [3.63, 3.8) is 0 Å². The average molecular weight is 366 g/mol. The fraction of sp³-hybridized carbons (Fsp3) is 0.471. The molecule has 1 aliphatic heterocycles. The van der Waals surface area contributed by atoms with Gasteiger partial charge < -0.3 is 21.1 Å². The van der Waals surface area contributed by atoms with Gasteiger partial charge in [-0.05, 0) is 44.9 Å². The number of anilines is 2. The van der Waals surface area contributed by atoms with Gasteiger partial charge in [0.25, 0.3) is 0 Å². The van der Waals surface area contributed by atoms with Crippen molar-refractivity contribution in [1.82, 2.24) is 10.6 Å². The molecule has 4 N–H and O–H groups in total. The first-order valence-electron chi connectivity index (χ1n) is 8.34. The van der Waals surface area contributed by atoms with E-state index in [-0.39, 0.29) is 24.6 Å². The largest absolute Gasteiger partial charge is 0.481 e. The van der Waals surface area contributed by atoms with Gasteiger partial charge in [0.1, 0.15) is 5.82 Å². The molecule has 4 amide bonds. The Hall–Kier alpha value is -2.84. The van der Waals surface area contributed by atoms with E-state index in [4.69, 9.17) is 5.11 Å². The minimum Gasteiger partial charge on any atom is -0.481 e. The first-order chi connectivity index (χ1) is 12.2. The van der Waals surface area contributed by atoms with Crippen LogP contribution in [0.15, 0.2) is 18.2 Å². The zero-order chi connectivity index (χ0) is 19.3. The van der Waals surface area contributed by atoms with E-state index in [0.717, 1.165) is 0 Å². The number of nitrogens with one attached hydrogen (secondary N) is 3. The second-order valence-electron chi connectivity index (χ2n) is 6.76. The van der Waals surface area contributed by atoms with Crippen molar-refractivity contribution in [3.8, 4) is 0 Å². The van der Waals surface area contributed by atoms with Crippen LogP contribution >= 0.6 is 0 Å². The molecule has 1 saturated heterocycles. The zero-order valence-corrected chi connectivity index (χ0v) is 14.8. The molecule has 26 heavy (non-hydrogen) atoms. The van der Waals surface area contributed by atoms with E-state index in [1.54, 1.807) is 13.8 Å². The van der Waals surface area contributed by atoms with Crippen molar-refractivity contribution in [1.29, 1.82) is 0 Å². The van der Waals surface area contributed by atoms with Crippen LogP contribution in [0, 0.1) is 5.82 Å². The third kappa shape index (κ3) is 5.33. The van der Waals surface area contributed by atoms with Crippen molar-refractivity contribution in [2.45, 2.75) is 38.6 Å². The number of hydrogen-bond donors (Lipinski definition) is 4. The van der Waals surface area contributed by atoms with Gasteiger partial charge in [-0.2, -0.15) is 0 Å². The topological polar surface area (TPSA) is 111 Å². The van der Waals surface area contributed by atoms with Crippen molar-refractivity contribution in [3.05, 3.63) is 24.0 Å². The van der Waals surface area contributed by atoms with Crippen LogP contribution in [0.2, 0.25) is 0 Å². The summed E-state index contributed by atoms with van der Waals surface area (Å²) in [7, 11) is 0. The Morgan fingerprint density at radius 3 is 2.77 bits per heavy atom. The monoisotopic (exact) mass is 366 g/mol. The number of rotatable bonds is 6. The van der Waals surface area contributed by atoms with E-state index in [2.05, 4.69) is 16.0 Å². The van der Waals surface area contributed by atoms with Crippen LogP contribution in [0.3, 0.4) is 0 Å². The smallest absolute Gasteiger partial charge is 0.321 e. The van der Waals surface area contributed by atoms with E-state index in [1.807, 2.05) is 0 Å². The Kier molecular flexibility index (Phi) is 6.01. The van der Waals surface area contributed by atoms with Gasteiger partial charge in [-0.25, -0.2) is 14.0 Å². The summed E-state index contributed by atoms with van der Waals surface area (Å²) in [6, 6.07) is 3.05. The van der Waals surface area contributed by atoms with Gasteiger partial charge in [-0.1, -0.05) is 0 Å². The molecule has 0 atom stereocenters. The molecule has 0 bridgehead atoms. The van der Waals surface area contributed by atoms with Crippen LogP contribution in [0.4, 0.5) is 25.4 Å². The fourth-order valence-corrected chi connectivity index (χ4v) is 2.61. The molecule has 0 spiro atoms. The number of nitrogens with zero attached hydrogens (tertiary/aromatic N) is 1. The Balaban J connectivity index is 2.05. The highest BCUT2D eigenvalue weighted by molar-refractivity contribution is 5.95. The Morgan fingerprint density at radius 1 is 1.38 bits per heavy atom. The summed E-state index contributed by atoms with van der Waals surface area (Å²) < 4.78 is 14.1. The summed E-state index contributed by atoms with van der Waals surface area (Å²) in [4.78, 5) is 36.0. The van der Waals surface area contributed by atoms with E-state index >= 15 is 0 Å². The molecule has 0 unspecified atom stereocenters. The molecule has 8 nitrogen and oxygen atoms in total. The summed E-state index contributed by atoms with van der Waals surface area (Å²) in [6.45, 7) is 4.36. The minimum atomic E-state index is -0.941. The maximum Gasteiger partial charge on any atom is 0.321 e. The number of urea groups is 2. The van der Waals surface area contributed by atoms with E-state index in [9.17, 15) is 18.8 Å². The molecule has 0 radical (unpaired) electrons. The van der Waals surface area contributed by atoms with Crippen LogP contribution in [-0.4, -0.2) is 41.8 Å². The highest BCUT2D eigenvalue weighted by Crippen LogP contribution is 2.25. The third-order valence-corrected chi connectivity index (χ3v) is 3.99. The lowest BCUT2D eigenvalue weighted by atomic mass is 9.99. The normalized spacial score (nSPS) is 14.6. The molecule has 0 saturated carbocycles. The number of carbonyl (C=O) groups is 3. The average Bonchev–Trinajstić information content (AvgIpc) is 2.55. The van der Waals surface area contributed by atoms with Gasteiger partial charge in [-0.15, -0.1) is 0 Å². The number of halogens is 1. The summed E-state index contributed by atoms with van der Waals surface area (Å²) in [5.41, 5.74) is -0.311. The van der Waals surface area contributed by atoms with Crippen LogP contribution < -0.4 is 20.9 Å². The molecular weight excluding hydrogens is 343 g/mol. The number of benzene rings is 1. The number of carboxylic acid groups (broad SMARTS) is 1. The standard InChI is InChI=1S/C17H23FN4O4/c1-17(2,7-6-14(23)24)21-15(25)20-11-4-5-12(18)13(10-11)22-9-3-8-19-16(22)26/h4-5,10H,3,6-9H2,1-2H3,(H,19,26)(H,23,24)(H2,20,21,25). The Labute approximate surface area is 150 Å². The Morgan fingerprint density at radius 2 is 2.12 bits per heavy atom. The maximum absolute atomic E-state index is 14.1. The van der Waals surface area contributed by atoms with Crippen molar-refractivity contribution in [2.75, 3.05) is 23.3 Å². The quantitative estimate of drug-likeness (QED) is 0.620. The van der Waals surface area contributed by atoms with Gasteiger partial charge in [0.2, 0.25) is 0 Å². The van der Waals surface area contributed by atoms with E-state index in [1.165, 1.54) is 23.1 Å². The lowest BCUT2D eigenvalue weighted by Gasteiger charge is -2.28. The number of hydrogen-bond acceptors (Lipinski definition) is 3. The highest BCUT2D eigenvalue weighted by Gasteiger charge is 2.24. The molecule has 1 aliphatic rings. The first-order valence-corrected chi connectivity index (χ1v) is 8.34. The van der Waals surface area contributed by atoms with Gasteiger partial charge in [0.05, 0.1) is 5.69 Å². The van der Waals surface area contributed by atoms with Crippen molar-refractivity contribution < 1.29 is 23.9 Å². The molecule has 1 fully saturated rings. The predicted molar refractivity (Wildman–Crippen MR) is 94.9 cm³/mol. The van der Waals surface area contributed by atoms with Crippen molar-refractivity contribution in [2.24, 2.45) is 0 Å². The molecule has 1 aromatic carbocycles. The molecular formula is C17H23FN4O4. The predicted octanol–water partition coefficient (Wildman–Crippen LogP) is 2.51.